The van der Waals surface area contributed by atoms with Crippen LogP contribution in [0.15, 0.2) is 182 Å². The fourth-order valence-electron chi connectivity index (χ4n) is 10.4. The van der Waals surface area contributed by atoms with Gasteiger partial charge in [-0.05, 0) is 124 Å². The number of hydrogen-bond acceptors (Lipinski definition) is 2. The summed E-state index contributed by atoms with van der Waals surface area (Å²) in [5, 5.41) is 7.53. The lowest BCUT2D eigenvalue weighted by atomic mass is 9.81. The second-order valence-corrected chi connectivity index (χ2v) is 17.8. The van der Waals surface area contributed by atoms with Gasteiger partial charge in [0.25, 0.3) is 0 Å². The highest BCUT2D eigenvalue weighted by molar-refractivity contribution is 6.03. The summed E-state index contributed by atoms with van der Waals surface area (Å²) in [7, 11) is 0. The van der Waals surface area contributed by atoms with E-state index in [1.165, 1.54) is 88.0 Å². The third-order valence-corrected chi connectivity index (χ3v) is 13.6. The second kappa shape index (κ2) is 12.7. The predicted octanol–water partition coefficient (Wildman–Crippen LogP) is 15.2. The summed E-state index contributed by atoms with van der Waals surface area (Å²) >= 11 is 0. The van der Waals surface area contributed by atoms with Crippen molar-refractivity contribution in [3.05, 3.63) is 204 Å². The Labute approximate surface area is 350 Å². The number of aromatic nitrogens is 2. The van der Waals surface area contributed by atoms with Crippen LogP contribution in [-0.2, 0) is 10.8 Å². The Morgan fingerprint density at radius 3 is 1.70 bits per heavy atom. The summed E-state index contributed by atoms with van der Waals surface area (Å²) in [5.41, 5.74) is 18.0. The van der Waals surface area contributed by atoms with Gasteiger partial charge in [-0.15, -0.1) is 0 Å². The van der Waals surface area contributed by atoms with Crippen molar-refractivity contribution in [1.29, 1.82) is 0 Å². The Bertz CT molecular complexity index is 3430. The Kier molecular flexibility index (Phi) is 7.36. The van der Waals surface area contributed by atoms with E-state index < -0.39 is 0 Å². The van der Waals surface area contributed by atoms with Crippen molar-refractivity contribution in [2.24, 2.45) is 0 Å². The summed E-state index contributed by atoms with van der Waals surface area (Å²) in [4.78, 5) is 10.6. The van der Waals surface area contributed by atoms with E-state index in [-0.39, 0.29) is 10.8 Å². The molecule has 0 bridgehead atoms. The number of fused-ring (bicyclic) bond motifs is 10. The van der Waals surface area contributed by atoms with Gasteiger partial charge in [0, 0.05) is 27.5 Å². The Morgan fingerprint density at radius 2 is 0.900 bits per heavy atom. The first-order valence-electron chi connectivity index (χ1n) is 21.1. The Balaban J connectivity index is 0.961. The van der Waals surface area contributed by atoms with Gasteiger partial charge in [-0.1, -0.05) is 173 Å². The predicted molar refractivity (Wildman–Crippen MR) is 251 cm³/mol. The monoisotopic (exact) mass is 766 g/mol. The smallest absolute Gasteiger partial charge is 0.160 e. The van der Waals surface area contributed by atoms with Crippen LogP contribution in [-0.4, -0.2) is 9.97 Å². The van der Waals surface area contributed by atoms with Gasteiger partial charge in [0.15, 0.2) is 5.82 Å². The molecule has 1 aromatic heterocycles. The maximum absolute atomic E-state index is 5.32. The third kappa shape index (κ3) is 5.13. The molecule has 0 unspecified atom stereocenters. The number of rotatable bonds is 4. The molecular weight excluding hydrogens is 725 g/mol. The lowest BCUT2D eigenvalue weighted by molar-refractivity contribution is 0.661. The molecular formula is C58H42N2. The van der Waals surface area contributed by atoms with Crippen LogP contribution in [0.1, 0.15) is 49.9 Å². The zero-order chi connectivity index (χ0) is 40.3. The summed E-state index contributed by atoms with van der Waals surface area (Å²) < 4.78 is 0. The van der Waals surface area contributed by atoms with Crippen LogP contribution in [0.5, 0.6) is 0 Å². The number of nitrogens with zero attached hydrogens (tertiary/aromatic N) is 2. The van der Waals surface area contributed by atoms with Gasteiger partial charge in [-0.2, -0.15) is 0 Å². The van der Waals surface area contributed by atoms with Crippen molar-refractivity contribution in [3.8, 4) is 67.3 Å². The SMILES string of the molecule is CC1(C)c2cc3ccccc3cc2-c2c(-c3cc(-c4ccc5cc(-c6ccc7c(c6)C(C)(C)c6ccc8ccccc8c6-7)ccc5c4)nc(-c4ccccc4)n3)cccc21. The molecule has 0 saturated heterocycles. The quantitative estimate of drug-likeness (QED) is 0.178. The van der Waals surface area contributed by atoms with E-state index in [0.717, 1.165) is 33.9 Å². The highest BCUT2D eigenvalue weighted by Crippen LogP contribution is 2.54. The molecule has 0 radical (unpaired) electrons. The highest BCUT2D eigenvalue weighted by Gasteiger charge is 2.38. The largest absolute Gasteiger partial charge is 0.228 e. The normalized spacial score (nSPS) is 14.3. The first-order chi connectivity index (χ1) is 29.2. The van der Waals surface area contributed by atoms with E-state index in [1.54, 1.807) is 0 Å². The number of benzene rings is 9. The van der Waals surface area contributed by atoms with Crippen LogP contribution in [0, 0.1) is 0 Å². The second-order valence-electron chi connectivity index (χ2n) is 17.8. The topological polar surface area (TPSA) is 25.8 Å². The van der Waals surface area contributed by atoms with Crippen molar-refractivity contribution in [2.45, 2.75) is 38.5 Å². The van der Waals surface area contributed by atoms with Crippen molar-refractivity contribution >= 4 is 32.3 Å². The van der Waals surface area contributed by atoms with Crippen molar-refractivity contribution in [2.75, 3.05) is 0 Å². The molecule has 0 aliphatic heterocycles. The molecule has 0 amide bonds. The minimum absolute atomic E-state index is 0.0841. The van der Waals surface area contributed by atoms with Gasteiger partial charge in [-0.25, -0.2) is 9.97 Å². The van der Waals surface area contributed by atoms with Gasteiger partial charge in [0.05, 0.1) is 11.4 Å². The average molecular weight is 767 g/mol. The highest BCUT2D eigenvalue weighted by atomic mass is 14.9. The van der Waals surface area contributed by atoms with Gasteiger partial charge < -0.3 is 0 Å². The summed E-state index contributed by atoms with van der Waals surface area (Å²) in [6.45, 7) is 9.44. The minimum atomic E-state index is -0.143. The maximum Gasteiger partial charge on any atom is 0.160 e. The van der Waals surface area contributed by atoms with Crippen LogP contribution in [0.4, 0.5) is 0 Å². The zero-order valence-corrected chi connectivity index (χ0v) is 34.2. The molecule has 2 nitrogen and oxygen atoms in total. The molecule has 10 aromatic rings. The summed E-state index contributed by atoms with van der Waals surface area (Å²) in [6.07, 6.45) is 0. The van der Waals surface area contributed by atoms with E-state index in [0.29, 0.717) is 0 Å². The Morgan fingerprint density at radius 1 is 0.317 bits per heavy atom. The molecule has 0 N–H and O–H groups in total. The average Bonchev–Trinajstić information content (AvgIpc) is 3.66. The molecule has 0 saturated carbocycles. The van der Waals surface area contributed by atoms with Gasteiger partial charge in [-0.3, -0.25) is 0 Å². The Hall–Kier alpha value is -7.16. The van der Waals surface area contributed by atoms with E-state index in [1.807, 2.05) is 6.07 Å². The third-order valence-electron chi connectivity index (χ3n) is 13.6. The molecule has 2 aliphatic rings. The molecule has 0 fully saturated rings. The molecule has 0 spiro atoms. The zero-order valence-electron chi connectivity index (χ0n) is 34.2. The first kappa shape index (κ1) is 34.8. The van der Waals surface area contributed by atoms with Crippen molar-refractivity contribution in [3.63, 3.8) is 0 Å². The van der Waals surface area contributed by atoms with Crippen LogP contribution in [0.2, 0.25) is 0 Å². The van der Waals surface area contributed by atoms with Crippen LogP contribution < -0.4 is 0 Å². The molecule has 0 atom stereocenters. The van der Waals surface area contributed by atoms with Crippen molar-refractivity contribution in [1.82, 2.24) is 9.97 Å². The van der Waals surface area contributed by atoms with Crippen LogP contribution >= 0.6 is 0 Å². The summed E-state index contributed by atoms with van der Waals surface area (Å²) in [6, 6.07) is 66.9. The molecule has 1 heterocycles. The molecule has 284 valence electrons. The van der Waals surface area contributed by atoms with E-state index in [2.05, 4.69) is 204 Å². The fourth-order valence-corrected chi connectivity index (χ4v) is 10.4. The van der Waals surface area contributed by atoms with E-state index >= 15 is 0 Å². The molecule has 12 rings (SSSR count). The van der Waals surface area contributed by atoms with Gasteiger partial charge >= 0.3 is 0 Å². The molecule has 2 heteroatoms. The van der Waals surface area contributed by atoms with E-state index in [9.17, 15) is 0 Å². The summed E-state index contributed by atoms with van der Waals surface area (Å²) in [5.74, 6) is 0.724. The van der Waals surface area contributed by atoms with E-state index in [4.69, 9.17) is 9.97 Å². The van der Waals surface area contributed by atoms with Gasteiger partial charge in [0.2, 0.25) is 0 Å². The molecule has 2 aliphatic carbocycles. The van der Waals surface area contributed by atoms with Gasteiger partial charge in [0.1, 0.15) is 0 Å². The first-order valence-corrected chi connectivity index (χ1v) is 21.1. The minimum Gasteiger partial charge on any atom is -0.228 e. The fraction of sp³-hybridized carbons (Fsp3) is 0.103. The lowest BCUT2D eigenvalue weighted by Crippen LogP contribution is -2.15. The van der Waals surface area contributed by atoms with Crippen LogP contribution in [0.25, 0.3) is 99.6 Å². The van der Waals surface area contributed by atoms with Crippen molar-refractivity contribution < 1.29 is 0 Å². The molecule has 9 aromatic carbocycles. The standard InChI is InChI=1S/C58H42N2/c1-57(2)48-20-12-19-46(55(48)47-31-37-16-8-9-17-38(37)32-51(47)57)53-34-52(59-56(60-53)36-14-6-5-7-15-36)43-24-23-39-29-40(21-22-41(39)30-43)42-25-27-45-50(33-42)58(3,4)49-28-26-35-13-10-11-18-44(35)54(45)49/h5-34H,1-4H3. The molecule has 60 heavy (non-hydrogen) atoms. The maximum atomic E-state index is 5.32. The number of hydrogen-bond donors (Lipinski definition) is 0. The van der Waals surface area contributed by atoms with Crippen LogP contribution in [0.3, 0.4) is 0 Å². The lowest BCUT2D eigenvalue weighted by Gasteiger charge is -2.22.